The second kappa shape index (κ2) is 11.0. The summed E-state index contributed by atoms with van der Waals surface area (Å²) in [5.74, 6) is -0.742. The summed E-state index contributed by atoms with van der Waals surface area (Å²) >= 11 is 0. The van der Waals surface area contributed by atoms with Crippen molar-refractivity contribution < 1.29 is 9.90 Å². The number of aliphatic carboxylic acids is 1. The van der Waals surface area contributed by atoms with Crippen LogP contribution in [0, 0.1) is 0 Å². The van der Waals surface area contributed by atoms with Crippen LogP contribution in [0.1, 0.15) is 73.1 Å². The molecular weight excluding hydrogens is 264 g/mol. The van der Waals surface area contributed by atoms with Crippen LogP contribution in [0.4, 0.5) is 0 Å². The summed E-state index contributed by atoms with van der Waals surface area (Å²) in [5.41, 5.74) is -0.778. The van der Waals surface area contributed by atoms with Crippen LogP contribution in [0.25, 0.3) is 0 Å². The fourth-order valence-corrected chi connectivity index (χ4v) is 2.63. The molecule has 0 aromatic rings. The molecule has 0 radical (unpaired) electrons. The van der Waals surface area contributed by atoms with Crippen molar-refractivity contribution in [3.63, 3.8) is 0 Å². The van der Waals surface area contributed by atoms with Crippen molar-refractivity contribution in [2.75, 3.05) is 19.6 Å². The highest BCUT2D eigenvalue weighted by Gasteiger charge is 2.31. The first kappa shape index (κ1) is 20.4. The molecule has 0 aliphatic rings. The van der Waals surface area contributed by atoms with Crippen molar-refractivity contribution in [2.45, 2.75) is 84.7 Å². The zero-order valence-corrected chi connectivity index (χ0v) is 14.7. The van der Waals surface area contributed by atoms with Gasteiger partial charge in [0.15, 0.2) is 0 Å². The number of unbranched alkanes of at least 4 members (excludes halogenated alkanes) is 2. The molecule has 0 saturated heterocycles. The van der Waals surface area contributed by atoms with E-state index in [1.54, 1.807) is 6.92 Å². The summed E-state index contributed by atoms with van der Waals surface area (Å²) in [6, 6.07) is 0.621. The fourth-order valence-electron chi connectivity index (χ4n) is 2.63. The highest BCUT2D eigenvalue weighted by Crippen LogP contribution is 2.15. The molecule has 126 valence electrons. The van der Waals surface area contributed by atoms with E-state index in [1.807, 2.05) is 6.92 Å². The van der Waals surface area contributed by atoms with Crippen molar-refractivity contribution in [3.05, 3.63) is 0 Å². The van der Waals surface area contributed by atoms with E-state index in [0.717, 1.165) is 25.9 Å². The number of rotatable bonds is 13. The molecule has 0 saturated carbocycles. The lowest BCUT2D eigenvalue weighted by atomic mass is 9.94. The van der Waals surface area contributed by atoms with Gasteiger partial charge < -0.3 is 15.3 Å². The maximum atomic E-state index is 11.4. The number of nitrogens with one attached hydrogen (secondary N) is 1. The Bertz CT molecular complexity index is 284. The van der Waals surface area contributed by atoms with Gasteiger partial charge in [0.05, 0.1) is 0 Å². The summed E-state index contributed by atoms with van der Waals surface area (Å²) in [6.45, 7) is 13.4. The Morgan fingerprint density at radius 2 is 1.81 bits per heavy atom. The number of carboxylic acids is 1. The lowest BCUT2D eigenvalue weighted by Crippen LogP contribution is -2.49. The zero-order chi connectivity index (χ0) is 16.3. The van der Waals surface area contributed by atoms with Gasteiger partial charge in [0, 0.05) is 6.04 Å². The van der Waals surface area contributed by atoms with Crippen LogP contribution in [0.15, 0.2) is 0 Å². The molecule has 0 aromatic heterocycles. The lowest BCUT2D eigenvalue weighted by molar-refractivity contribution is -0.144. The number of nitrogens with zero attached hydrogens (tertiary/aromatic N) is 1. The highest BCUT2D eigenvalue weighted by atomic mass is 16.4. The maximum absolute atomic E-state index is 11.4. The van der Waals surface area contributed by atoms with E-state index in [1.165, 1.54) is 19.3 Å². The average molecular weight is 300 g/mol. The quantitative estimate of drug-likeness (QED) is 0.511. The van der Waals surface area contributed by atoms with E-state index in [9.17, 15) is 9.90 Å². The molecule has 21 heavy (non-hydrogen) atoms. The highest BCUT2D eigenvalue weighted by molar-refractivity contribution is 5.78. The Hall–Kier alpha value is -0.610. The van der Waals surface area contributed by atoms with Crippen LogP contribution in [0.2, 0.25) is 0 Å². The van der Waals surface area contributed by atoms with Crippen LogP contribution in [0.5, 0.6) is 0 Å². The van der Waals surface area contributed by atoms with Crippen LogP contribution in [-0.4, -0.2) is 47.2 Å². The summed E-state index contributed by atoms with van der Waals surface area (Å²) in [7, 11) is 0. The van der Waals surface area contributed by atoms with E-state index >= 15 is 0 Å². The fraction of sp³-hybridized carbons (Fsp3) is 0.941. The first-order chi connectivity index (χ1) is 9.91. The molecule has 2 atom stereocenters. The van der Waals surface area contributed by atoms with E-state index in [2.05, 4.69) is 31.0 Å². The van der Waals surface area contributed by atoms with Gasteiger partial charge in [-0.2, -0.15) is 0 Å². The van der Waals surface area contributed by atoms with Gasteiger partial charge in [-0.1, -0.05) is 27.2 Å². The Kier molecular flexibility index (Phi) is 10.7. The summed E-state index contributed by atoms with van der Waals surface area (Å²) in [6.07, 6.45) is 6.36. The first-order valence-electron chi connectivity index (χ1n) is 8.63. The average Bonchev–Trinajstić information content (AvgIpc) is 2.45. The van der Waals surface area contributed by atoms with Crippen molar-refractivity contribution in [2.24, 2.45) is 0 Å². The largest absolute Gasteiger partial charge is 0.480 e. The first-order valence-corrected chi connectivity index (χ1v) is 8.63. The number of carboxylic acid groups (broad SMARTS) is 1. The molecule has 2 unspecified atom stereocenters. The molecule has 0 bridgehead atoms. The monoisotopic (exact) mass is 300 g/mol. The van der Waals surface area contributed by atoms with Gasteiger partial charge in [-0.05, 0) is 65.6 Å². The Morgan fingerprint density at radius 1 is 1.19 bits per heavy atom. The van der Waals surface area contributed by atoms with Crippen molar-refractivity contribution in [3.8, 4) is 0 Å². The minimum Gasteiger partial charge on any atom is -0.480 e. The van der Waals surface area contributed by atoms with E-state index in [0.29, 0.717) is 19.0 Å². The van der Waals surface area contributed by atoms with Crippen LogP contribution in [-0.2, 0) is 4.79 Å². The van der Waals surface area contributed by atoms with Gasteiger partial charge >= 0.3 is 5.97 Å². The topological polar surface area (TPSA) is 52.6 Å². The van der Waals surface area contributed by atoms with Gasteiger partial charge in [0.2, 0.25) is 0 Å². The number of hydrogen-bond donors (Lipinski definition) is 2. The molecule has 0 aromatic carbocycles. The van der Waals surface area contributed by atoms with Gasteiger partial charge in [0.1, 0.15) is 5.54 Å². The second-order valence-electron chi connectivity index (χ2n) is 6.27. The molecule has 0 aliphatic carbocycles. The van der Waals surface area contributed by atoms with Gasteiger partial charge in [-0.25, -0.2) is 0 Å². The smallest absolute Gasteiger partial charge is 0.323 e. The standard InChI is InChI=1S/C17H36N2O2/c1-6-9-13-19(15(4)7-2)14-11-10-12-17(5,16(20)21)18-8-3/h15,18H,6-14H2,1-5H3,(H,20,21). The van der Waals surface area contributed by atoms with Crippen molar-refractivity contribution >= 4 is 5.97 Å². The number of hydrogen-bond acceptors (Lipinski definition) is 3. The van der Waals surface area contributed by atoms with Gasteiger partial charge in [0.25, 0.3) is 0 Å². The Balaban J connectivity index is 4.21. The molecule has 4 nitrogen and oxygen atoms in total. The number of likely N-dealkylation sites (N-methyl/N-ethyl adjacent to an activating group) is 1. The molecule has 0 heterocycles. The van der Waals surface area contributed by atoms with Crippen LogP contribution in [0.3, 0.4) is 0 Å². The minimum atomic E-state index is -0.778. The Labute approximate surface area is 131 Å². The molecule has 0 aliphatic heterocycles. The minimum absolute atomic E-state index is 0.621. The molecule has 2 N–H and O–H groups in total. The van der Waals surface area contributed by atoms with Crippen LogP contribution >= 0.6 is 0 Å². The molecule has 0 rings (SSSR count). The normalized spacial score (nSPS) is 15.9. The summed E-state index contributed by atoms with van der Waals surface area (Å²) < 4.78 is 0. The summed E-state index contributed by atoms with van der Waals surface area (Å²) in [5, 5.41) is 12.4. The van der Waals surface area contributed by atoms with Gasteiger partial charge in [-0.15, -0.1) is 0 Å². The van der Waals surface area contributed by atoms with E-state index in [-0.39, 0.29) is 0 Å². The number of carbonyl (C=O) groups is 1. The van der Waals surface area contributed by atoms with E-state index < -0.39 is 11.5 Å². The zero-order valence-electron chi connectivity index (χ0n) is 14.7. The summed E-state index contributed by atoms with van der Waals surface area (Å²) in [4.78, 5) is 13.9. The van der Waals surface area contributed by atoms with Crippen molar-refractivity contribution in [1.82, 2.24) is 10.2 Å². The Morgan fingerprint density at radius 3 is 2.29 bits per heavy atom. The van der Waals surface area contributed by atoms with Crippen molar-refractivity contribution in [1.29, 1.82) is 0 Å². The second-order valence-corrected chi connectivity index (χ2v) is 6.27. The predicted molar refractivity (Wildman–Crippen MR) is 89.8 cm³/mol. The molecule has 0 fully saturated rings. The molecule has 0 amide bonds. The van der Waals surface area contributed by atoms with Gasteiger partial charge in [-0.3, -0.25) is 4.79 Å². The lowest BCUT2D eigenvalue weighted by Gasteiger charge is -2.29. The maximum Gasteiger partial charge on any atom is 0.323 e. The molecular formula is C17H36N2O2. The molecule has 4 heteroatoms. The van der Waals surface area contributed by atoms with Crippen LogP contribution < -0.4 is 5.32 Å². The molecule has 0 spiro atoms. The SMILES string of the molecule is CCCCN(CCCCC(C)(NCC)C(=O)O)C(C)CC. The third-order valence-corrected chi connectivity index (χ3v) is 4.42. The van der Waals surface area contributed by atoms with E-state index in [4.69, 9.17) is 0 Å². The third kappa shape index (κ3) is 7.82. The predicted octanol–water partition coefficient (Wildman–Crippen LogP) is 3.51. The third-order valence-electron chi connectivity index (χ3n) is 4.42.